The first kappa shape index (κ1) is 15.4. The molecule has 3 heterocycles. The molecule has 0 aliphatic carbocycles. The summed E-state index contributed by atoms with van der Waals surface area (Å²) in [5.74, 6) is 3.06. The van der Waals surface area contributed by atoms with Gasteiger partial charge in [0.05, 0.1) is 0 Å². The van der Waals surface area contributed by atoms with Crippen LogP contribution in [0.25, 0.3) is 11.4 Å². The third-order valence-electron chi connectivity index (χ3n) is 5.09. The highest BCUT2D eigenvalue weighted by Crippen LogP contribution is 2.27. The van der Waals surface area contributed by atoms with Crippen LogP contribution in [0.1, 0.15) is 38.5 Å². The molecule has 0 atom stereocenters. The van der Waals surface area contributed by atoms with Crippen molar-refractivity contribution in [3.63, 3.8) is 0 Å². The minimum atomic E-state index is 0.860. The number of benzene rings is 1. The van der Waals surface area contributed by atoms with Gasteiger partial charge < -0.3 is 9.80 Å². The van der Waals surface area contributed by atoms with Crippen LogP contribution in [0, 0.1) is 0 Å². The standard InChI is InChI=1S/C20H26N4/c1-2-7-13-23(12-6-1)18-16-19(24-14-8-9-15-24)22-20(21-18)17-10-4-3-5-11-17/h3-5,10-11,16H,1-2,6-9,12-15H2. The Bertz CT molecular complexity index is 657. The third kappa shape index (κ3) is 3.37. The fourth-order valence-corrected chi connectivity index (χ4v) is 3.71. The van der Waals surface area contributed by atoms with Crippen molar-refractivity contribution in [2.75, 3.05) is 36.0 Å². The molecular formula is C20H26N4. The van der Waals surface area contributed by atoms with Gasteiger partial charge in [0, 0.05) is 37.8 Å². The lowest BCUT2D eigenvalue weighted by Crippen LogP contribution is -2.26. The maximum Gasteiger partial charge on any atom is 0.163 e. The summed E-state index contributed by atoms with van der Waals surface area (Å²) in [6.45, 7) is 4.46. The van der Waals surface area contributed by atoms with Crippen LogP contribution in [0.15, 0.2) is 36.4 Å². The van der Waals surface area contributed by atoms with E-state index in [0.717, 1.165) is 49.2 Å². The lowest BCUT2D eigenvalue weighted by Gasteiger charge is -2.24. The Morgan fingerprint density at radius 3 is 1.67 bits per heavy atom. The predicted octanol–water partition coefficient (Wildman–Crippen LogP) is 4.12. The Morgan fingerprint density at radius 2 is 1.12 bits per heavy atom. The summed E-state index contributed by atoms with van der Waals surface area (Å²) in [5, 5.41) is 0. The first-order valence-electron chi connectivity index (χ1n) is 9.34. The minimum absolute atomic E-state index is 0.860. The van der Waals surface area contributed by atoms with Gasteiger partial charge in [-0.25, -0.2) is 9.97 Å². The Morgan fingerprint density at radius 1 is 0.625 bits per heavy atom. The summed E-state index contributed by atoms with van der Waals surface area (Å²) < 4.78 is 0. The van der Waals surface area contributed by atoms with Crippen molar-refractivity contribution in [3.8, 4) is 11.4 Å². The first-order valence-corrected chi connectivity index (χ1v) is 9.34. The summed E-state index contributed by atoms with van der Waals surface area (Å²) >= 11 is 0. The molecule has 2 aliphatic heterocycles. The molecule has 2 fully saturated rings. The largest absolute Gasteiger partial charge is 0.356 e. The van der Waals surface area contributed by atoms with Gasteiger partial charge in [0.2, 0.25) is 0 Å². The van der Waals surface area contributed by atoms with Crippen molar-refractivity contribution >= 4 is 11.6 Å². The summed E-state index contributed by atoms with van der Waals surface area (Å²) in [7, 11) is 0. The van der Waals surface area contributed by atoms with Gasteiger partial charge in [0.1, 0.15) is 11.6 Å². The molecule has 1 aromatic heterocycles. The number of hydrogen-bond donors (Lipinski definition) is 0. The van der Waals surface area contributed by atoms with E-state index in [-0.39, 0.29) is 0 Å². The average molecular weight is 322 g/mol. The van der Waals surface area contributed by atoms with Crippen molar-refractivity contribution in [1.29, 1.82) is 0 Å². The summed E-state index contributed by atoms with van der Waals surface area (Å²) in [6, 6.07) is 12.6. The van der Waals surface area contributed by atoms with E-state index >= 15 is 0 Å². The van der Waals surface area contributed by atoms with E-state index in [2.05, 4.69) is 40.1 Å². The molecule has 0 radical (unpaired) electrons. The number of aromatic nitrogens is 2. The molecule has 4 rings (SSSR count). The van der Waals surface area contributed by atoms with Crippen LogP contribution in [0.3, 0.4) is 0 Å². The number of rotatable bonds is 3. The highest BCUT2D eigenvalue weighted by atomic mass is 15.2. The van der Waals surface area contributed by atoms with Crippen LogP contribution in [0.4, 0.5) is 11.6 Å². The molecule has 2 aromatic rings. The Labute approximate surface area is 144 Å². The molecule has 1 aromatic carbocycles. The third-order valence-corrected chi connectivity index (χ3v) is 5.09. The smallest absolute Gasteiger partial charge is 0.163 e. The van der Waals surface area contributed by atoms with Crippen LogP contribution in [0.2, 0.25) is 0 Å². The molecule has 24 heavy (non-hydrogen) atoms. The van der Waals surface area contributed by atoms with Gasteiger partial charge in [-0.15, -0.1) is 0 Å². The van der Waals surface area contributed by atoms with Gasteiger partial charge >= 0.3 is 0 Å². The van der Waals surface area contributed by atoms with Crippen LogP contribution >= 0.6 is 0 Å². The van der Waals surface area contributed by atoms with Gasteiger partial charge in [0.25, 0.3) is 0 Å². The maximum atomic E-state index is 4.93. The number of anilines is 2. The van der Waals surface area contributed by atoms with E-state index in [9.17, 15) is 0 Å². The molecule has 2 aliphatic rings. The highest BCUT2D eigenvalue weighted by molar-refractivity contribution is 5.62. The van der Waals surface area contributed by atoms with E-state index in [4.69, 9.17) is 9.97 Å². The zero-order chi connectivity index (χ0) is 16.2. The van der Waals surface area contributed by atoms with E-state index in [1.54, 1.807) is 0 Å². The molecular weight excluding hydrogens is 296 g/mol. The van der Waals surface area contributed by atoms with Crippen molar-refractivity contribution in [2.24, 2.45) is 0 Å². The van der Waals surface area contributed by atoms with Gasteiger partial charge in [-0.2, -0.15) is 0 Å². The number of hydrogen-bond acceptors (Lipinski definition) is 4. The normalized spacial score (nSPS) is 18.7. The summed E-state index contributed by atoms with van der Waals surface area (Å²) in [4.78, 5) is 14.7. The van der Waals surface area contributed by atoms with E-state index in [1.807, 2.05) is 6.07 Å². The van der Waals surface area contributed by atoms with Gasteiger partial charge in [0.15, 0.2) is 5.82 Å². The van der Waals surface area contributed by atoms with Crippen LogP contribution < -0.4 is 9.80 Å². The van der Waals surface area contributed by atoms with E-state index < -0.39 is 0 Å². The van der Waals surface area contributed by atoms with Crippen LogP contribution in [-0.4, -0.2) is 36.1 Å². The molecule has 0 bridgehead atoms. The second-order valence-corrected chi connectivity index (χ2v) is 6.87. The second kappa shape index (κ2) is 7.20. The predicted molar refractivity (Wildman–Crippen MR) is 99.6 cm³/mol. The summed E-state index contributed by atoms with van der Waals surface area (Å²) in [5.41, 5.74) is 1.11. The molecule has 4 heteroatoms. The lowest BCUT2D eigenvalue weighted by molar-refractivity contribution is 0.726. The van der Waals surface area contributed by atoms with Crippen LogP contribution in [0.5, 0.6) is 0 Å². The van der Waals surface area contributed by atoms with Gasteiger partial charge in [-0.3, -0.25) is 0 Å². The second-order valence-electron chi connectivity index (χ2n) is 6.87. The van der Waals surface area contributed by atoms with Crippen molar-refractivity contribution < 1.29 is 0 Å². The van der Waals surface area contributed by atoms with Crippen LogP contribution in [-0.2, 0) is 0 Å². The quantitative estimate of drug-likeness (QED) is 0.851. The van der Waals surface area contributed by atoms with E-state index in [0.29, 0.717) is 0 Å². The SMILES string of the molecule is c1ccc(-c2nc(N3CCCCCC3)cc(N3CCCC3)n2)cc1. The Kier molecular flexibility index (Phi) is 4.63. The fraction of sp³-hybridized carbons (Fsp3) is 0.500. The molecule has 0 saturated carbocycles. The zero-order valence-corrected chi connectivity index (χ0v) is 14.3. The topological polar surface area (TPSA) is 32.3 Å². The fourth-order valence-electron chi connectivity index (χ4n) is 3.71. The van der Waals surface area contributed by atoms with Gasteiger partial charge in [-0.1, -0.05) is 43.2 Å². The number of nitrogens with zero attached hydrogens (tertiary/aromatic N) is 4. The molecule has 0 N–H and O–H groups in total. The maximum absolute atomic E-state index is 4.93. The first-order chi connectivity index (χ1) is 11.9. The molecule has 0 unspecified atom stereocenters. The Balaban J connectivity index is 1.72. The van der Waals surface area contributed by atoms with Crippen molar-refractivity contribution in [3.05, 3.63) is 36.4 Å². The van der Waals surface area contributed by atoms with Gasteiger partial charge in [-0.05, 0) is 25.7 Å². The minimum Gasteiger partial charge on any atom is -0.356 e. The molecule has 2 saturated heterocycles. The summed E-state index contributed by atoms with van der Waals surface area (Å²) in [6.07, 6.45) is 7.75. The molecule has 0 spiro atoms. The lowest BCUT2D eigenvalue weighted by atomic mass is 10.2. The van der Waals surface area contributed by atoms with Crippen molar-refractivity contribution in [2.45, 2.75) is 38.5 Å². The monoisotopic (exact) mass is 322 g/mol. The van der Waals surface area contributed by atoms with Crippen molar-refractivity contribution in [1.82, 2.24) is 9.97 Å². The molecule has 126 valence electrons. The molecule has 4 nitrogen and oxygen atoms in total. The molecule has 0 amide bonds. The average Bonchev–Trinajstić information content (AvgIpc) is 3.05. The van der Waals surface area contributed by atoms with E-state index in [1.165, 1.54) is 38.5 Å². The Hall–Kier alpha value is -2.10. The zero-order valence-electron chi connectivity index (χ0n) is 14.3. The highest BCUT2D eigenvalue weighted by Gasteiger charge is 2.19.